The van der Waals surface area contributed by atoms with E-state index in [-0.39, 0.29) is 19.1 Å². The summed E-state index contributed by atoms with van der Waals surface area (Å²) < 4.78 is 5.46. The van der Waals surface area contributed by atoms with Crippen LogP contribution in [-0.2, 0) is 10.3 Å². The van der Waals surface area contributed by atoms with Crippen molar-refractivity contribution in [1.82, 2.24) is 10.2 Å². The molecule has 0 aliphatic carbocycles. The maximum absolute atomic E-state index is 12.6. The number of amides is 3. The van der Waals surface area contributed by atoms with Crippen molar-refractivity contribution in [3.05, 3.63) is 52.7 Å². The van der Waals surface area contributed by atoms with E-state index in [0.717, 1.165) is 9.78 Å². The molecule has 2 aromatic rings. The topological polar surface area (TPSA) is 78.9 Å². The average molecular weight is 346 g/mol. The lowest BCUT2D eigenvalue weighted by molar-refractivity contribution is -0.132. The molecule has 1 aromatic carbocycles. The summed E-state index contributed by atoms with van der Waals surface area (Å²) in [4.78, 5) is 26.6. The molecule has 6 nitrogen and oxygen atoms in total. The van der Waals surface area contributed by atoms with Gasteiger partial charge >= 0.3 is 6.03 Å². The third-order valence-electron chi connectivity index (χ3n) is 3.87. The third-order valence-corrected chi connectivity index (χ3v) is 4.96. The van der Waals surface area contributed by atoms with Crippen LogP contribution in [0, 0.1) is 0 Å². The van der Waals surface area contributed by atoms with Crippen LogP contribution in [0.1, 0.15) is 11.8 Å². The first-order chi connectivity index (χ1) is 11.5. The van der Waals surface area contributed by atoms with Crippen LogP contribution in [0.5, 0.6) is 5.75 Å². The van der Waals surface area contributed by atoms with Crippen molar-refractivity contribution in [1.29, 1.82) is 0 Å². The molecule has 7 heteroatoms. The summed E-state index contributed by atoms with van der Waals surface area (Å²) in [5, 5.41) is 14.7. The van der Waals surface area contributed by atoms with Crippen molar-refractivity contribution in [2.75, 3.05) is 13.2 Å². The lowest BCUT2D eigenvalue weighted by Gasteiger charge is -2.21. The number of nitrogens with zero attached hydrogens (tertiary/aromatic N) is 1. The molecule has 1 fully saturated rings. The number of imide groups is 1. The summed E-state index contributed by atoms with van der Waals surface area (Å²) >= 11 is 1.40. The van der Waals surface area contributed by atoms with E-state index in [9.17, 15) is 14.7 Å². The minimum absolute atomic E-state index is 0.00318. The van der Waals surface area contributed by atoms with Gasteiger partial charge in [0.25, 0.3) is 5.91 Å². The Hall–Kier alpha value is -2.38. The highest BCUT2D eigenvalue weighted by atomic mass is 32.1. The molecular weight excluding hydrogens is 328 g/mol. The molecule has 2 N–H and O–H groups in total. The predicted octanol–water partition coefficient (Wildman–Crippen LogP) is 1.96. The molecule has 2 atom stereocenters. The fraction of sp³-hybridized carbons (Fsp3) is 0.294. The lowest BCUT2D eigenvalue weighted by Crippen LogP contribution is -2.42. The van der Waals surface area contributed by atoms with Gasteiger partial charge in [0.2, 0.25) is 0 Å². The zero-order valence-electron chi connectivity index (χ0n) is 13.1. The van der Waals surface area contributed by atoms with Crippen LogP contribution in [0.2, 0.25) is 0 Å². The quantitative estimate of drug-likeness (QED) is 0.784. The Kier molecular flexibility index (Phi) is 4.55. The normalized spacial score (nSPS) is 21.7. The Morgan fingerprint density at radius 1 is 1.25 bits per heavy atom. The van der Waals surface area contributed by atoms with Gasteiger partial charge in [-0.3, -0.25) is 9.69 Å². The van der Waals surface area contributed by atoms with Gasteiger partial charge in [0.1, 0.15) is 18.5 Å². The number of para-hydroxylation sites is 1. The van der Waals surface area contributed by atoms with Gasteiger partial charge in [-0.05, 0) is 30.5 Å². The first kappa shape index (κ1) is 16.5. The number of nitrogens with one attached hydrogen (secondary N) is 1. The number of aliphatic hydroxyl groups is 1. The van der Waals surface area contributed by atoms with Gasteiger partial charge in [-0.2, -0.15) is 0 Å². The number of benzene rings is 1. The molecule has 3 amide bonds. The summed E-state index contributed by atoms with van der Waals surface area (Å²) in [7, 11) is 0. The second-order valence-corrected chi connectivity index (χ2v) is 6.67. The first-order valence-electron chi connectivity index (χ1n) is 7.55. The van der Waals surface area contributed by atoms with Gasteiger partial charge in [-0.25, -0.2) is 4.79 Å². The van der Waals surface area contributed by atoms with Crippen LogP contribution in [0.4, 0.5) is 4.79 Å². The number of carbonyl (C=O) groups is 2. The summed E-state index contributed by atoms with van der Waals surface area (Å²) in [6.45, 7) is 1.56. The van der Waals surface area contributed by atoms with Crippen molar-refractivity contribution in [3.63, 3.8) is 0 Å². The molecule has 3 rings (SSSR count). The van der Waals surface area contributed by atoms with Gasteiger partial charge in [-0.1, -0.05) is 24.3 Å². The second kappa shape index (κ2) is 6.62. The first-order valence-corrected chi connectivity index (χ1v) is 8.42. The zero-order valence-corrected chi connectivity index (χ0v) is 14.0. The van der Waals surface area contributed by atoms with Crippen molar-refractivity contribution >= 4 is 23.3 Å². The molecule has 0 saturated carbocycles. The fourth-order valence-electron chi connectivity index (χ4n) is 2.57. The Morgan fingerprint density at radius 3 is 2.67 bits per heavy atom. The Labute approximate surface area is 143 Å². The Balaban J connectivity index is 1.62. The Bertz CT molecular complexity index is 719. The van der Waals surface area contributed by atoms with Crippen LogP contribution in [0.3, 0.4) is 0 Å². The SMILES string of the molecule is C[C@]1(c2cccs2)NC(=O)N(C[C@@H](O)COc2ccccc2)C1=O. The molecular formula is C17H18N2O4S. The highest BCUT2D eigenvalue weighted by Crippen LogP contribution is 2.31. The standard InChI is InChI=1S/C17H18N2O4S/c1-17(14-8-5-9-24-14)15(21)19(16(22)18-17)10-12(20)11-23-13-6-3-2-4-7-13/h2-9,12,20H,10-11H2,1H3,(H,18,22)/t12-,17-/m1/s1. The van der Waals surface area contributed by atoms with Crippen LogP contribution in [0.15, 0.2) is 47.8 Å². The molecule has 1 saturated heterocycles. The van der Waals surface area contributed by atoms with E-state index in [2.05, 4.69) is 5.32 Å². The molecule has 2 heterocycles. The molecule has 0 radical (unpaired) electrons. The highest BCUT2D eigenvalue weighted by molar-refractivity contribution is 7.10. The number of β-amino-alcohol motifs (C(OH)–C–C–N with tert-alkyl or cyclic N) is 1. The maximum atomic E-state index is 12.6. The summed E-state index contributed by atoms with van der Waals surface area (Å²) in [5.41, 5.74) is -1.08. The van der Waals surface area contributed by atoms with Gasteiger partial charge in [-0.15, -0.1) is 11.3 Å². The summed E-state index contributed by atoms with van der Waals surface area (Å²) in [5.74, 6) is 0.255. The van der Waals surface area contributed by atoms with Crippen LogP contribution >= 0.6 is 11.3 Å². The van der Waals surface area contributed by atoms with Crippen molar-refractivity contribution < 1.29 is 19.4 Å². The fourth-order valence-corrected chi connectivity index (χ4v) is 3.40. The van der Waals surface area contributed by atoms with Crippen molar-refractivity contribution in [2.24, 2.45) is 0 Å². The predicted molar refractivity (Wildman–Crippen MR) is 89.9 cm³/mol. The molecule has 1 aliphatic heterocycles. The molecule has 1 aromatic heterocycles. The molecule has 0 spiro atoms. The van der Waals surface area contributed by atoms with Crippen molar-refractivity contribution in [3.8, 4) is 5.75 Å². The molecule has 24 heavy (non-hydrogen) atoms. The summed E-state index contributed by atoms with van der Waals surface area (Å²) in [6, 6.07) is 12.2. The average Bonchev–Trinajstić information content (AvgIpc) is 3.19. The van der Waals surface area contributed by atoms with E-state index in [1.165, 1.54) is 11.3 Å². The Morgan fingerprint density at radius 2 is 2.00 bits per heavy atom. The number of aliphatic hydroxyl groups excluding tert-OH is 1. The number of hydrogen-bond donors (Lipinski definition) is 2. The van der Waals surface area contributed by atoms with Gasteiger partial charge in [0, 0.05) is 4.88 Å². The van der Waals surface area contributed by atoms with Crippen LogP contribution in [-0.4, -0.2) is 41.2 Å². The lowest BCUT2D eigenvalue weighted by atomic mass is 10.0. The van der Waals surface area contributed by atoms with Gasteiger partial charge < -0.3 is 15.2 Å². The molecule has 1 aliphatic rings. The number of ether oxygens (including phenoxy) is 1. The van der Waals surface area contributed by atoms with E-state index in [1.54, 1.807) is 25.1 Å². The number of rotatable bonds is 6. The monoisotopic (exact) mass is 346 g/mol. The van der Waals surface area contributed by atoms with E-state index >= 15 is 0 Å². The van der Waals surface area contributed by atoms with E-state index in [0.29, 0.717) is 5.75 Å². The third kappa shape index (κ3) is 3.13. The van der Waals surface area contributed by atoms with E-state index < -0.39 is 17.7 Å². The minimum Gasteiger partial charge on any atom is -0.491 e. The van der Waals surface area contributed by atoms with E-state index in [4.69, 9.17) is 4.74 Å². The molecule has 0 unspecified atom stereocenters. The summed E-state index contributed by atoms with van der Waals surface area (Å²) in [6.07, 6.45) is -0.967. The van der Waals surface area contributed by atoms with Gasteiger partial charge in [0.05, 0.1) is 6.54 Å². The number of carbonyl (C=O) groups excluding carboxylic acids is 2. The number of thiophene rings is 1. The number of urea groups is 1. The highest BCUT2D eigenvalue weighted by Gasteiger charge is 2.49. The van der Waals surface area contributed by atoms with E-state index in [1.807, 2.05) is 29.6 Å². The number of hydrogen-bond acceptors (Lipinski definition) is 5. The molecule has 0 bridgehead atoms. The zero-order chi connectivity index (χ0) is 17.2. The maximum Gasteiger partial charge on any atom is 0.325 e. The van der Waals surface area contributed by atoms with Crippen LogP contribution < -0.4 is 10.1 Å². The largest absolute Gasteiger partial charge is 0.491 e. The minimum atomic E-state index is -1.08. The smallest absolute Gasteiger partial charge is 0.325 e. The van der Waals surface area contributed by atoms with Crippen LogP contribution in [0.25, 0.3) is 0 Å². The second-order valence-electron chi connectivity index (χ2n) is 5.73. The van der Waals surface area contributed by atoms with Crippen molar-refractivity contribution in [2.45, 2.75) is 18.6 Å². The van der Waals surface area contributed by atoms with Gasteiger partial charge in [0.15, 0.2) is 5.54 Å². The molecule has 126 valence electrons.